The second-order valence-electron chi connectivity index (χ2n) is 9.24. The molecule has 3 aliphatic heterocycles. The summed E-state index contributed by atoms with van der Waals surface area (Å²) < 4.78 is 6.09. The molecule has 156 valence electrons. The Kier molecular flexibility index (Phi) is 5.08. The average Bonchev–Trinajstić information content (AvgIpc) is 3.13. The molecule has 2 bridgehead atoms. The number of para-hydroxylation sites is 1. The van der Waals surface area contributed by atoms with Crippen molar-refractivity contribution in [2.24, 2.45) is 0 Å². The van der Waals surface area contributed by atoms with Crippen LogP contribution in [-0.2, 0) is 0 Å². The third kappa shape index (κ3) is 3.57. The van der Waals surface area contributed by atoms with Gasteiger partial charge in [0.25, 0.3) is 5.91 Å². The maximum atomic E-state index is 13.2. The molecule has 6 heteroatoms. The number of likely N-dealkylation sites (tertiary alicyclic amines) is 1. The molecule has 1 N–H and O–H groups in total. The van der Waals surface area contributed by atoms with Crippen LogP contribution in [0, 0.1) is 0 Å². The number of fused-ring (bicyclic) bond motifs is 3. The zero-order valence-electron chi connectivity index (χ0n) is 17.6. The maximum absolute atomic E-state index is 13.2. The Morgan fingerprint density at radius 3 is 2.66 bits per heavy atom. The Balaban J connectivity index is 1.36. The number of oxazole rings is 1. The molecule has 1 aromatic heterocycles. The fourth-order valence-electron chi connectivity index (χ4n) is 5.68. The number of amides is 1. The van der Waals surface area contributed by atoms with Gasteiger partial charge in [-0.25, -0.2) is 4.98 Å². The van der Waals surface area contributed by atoms with Crippen molar-refractivity contribution in [3.63, 3.8) is 0 Å². The summed E-state index contributed by atoms with van der Waals surface area (Å²) in [4.78, 5) is 22.8. The molecule has 29 heavy (non-hydrogen) atoms. The highest BCUT2D eigenvalue weighted by molar-refractivity contribution is 6.04. The molecule has 2 aromatic rings. The fraction of sp³-hybridized carbons (Fsp3) is 0.652. The second-order valence-corrected chi connectivity index (χ2v) is 9.24. The molecular weight excluding hydrogens is 364 g/mol. The van der Waals surface area contributed by atoms with E-state index in [0.29, 0.717) is 28.7 Å². The summed E-state index contributed by atoms with van der Waals surface area (Å²) in [5.41, 5.74) is 2.05. The fourth-order valence-corrected chi connectivity index (χ4v) is 5.68. The van der Waals surface area contributed by atoms with Gasteiger partial charge in [0.15, 0.2) is 5.58 Å². The molecule has 4 heterocycles. The molecule has 1 amide bonds. The van der Waals surface area contributed by atoms with E-state index in [0.717, 1.165) is 31.7 Å². The van der Waals surface area contributed by atoms with Crippen molar-refractivity contribution in [1.82, 2.24) is 20.1 Å². The molecule has 3 saturated heterocycles. The van der Waals surface area contributed by atoms with Crippen LogP contribution in [0.15, 0.2) is 22.6 Å². The lowest BCUT2D eigenvalue weighted by Crippen LogP contribution is -2.55. The Bertz CT molecular complexity index is 880. The molecule has 3 aliphatic rings. The van der Waals surface area contributed by atoms with Gasteiger partial charge in [-0.05, 0) is 71.3 Å². The molecule has 5 rings (SSSR count). The van der Waals surface area contributed by atoms with Gasteiger partial charge in [0.2, 0.25) is 5.89 Å². The van der Waals surface area contributed by atoms with Gasteiger partial charge >= 0.3 is 0 Å². The molecule has 3 unspecified atom stereocenters. The van der Waals surface area contributed by atoms with Crippen molar-refractivity contribution in [3.05, 3.63) is 29.7 Å². The third-order valence-corrected chi connectivity index (χ3v) is 7.41. The average molecular weight is 397 g/mol. The highest BCUT2D eigenvalue weighted by Crippen LogP contribution is 2.34. The van der Waals surface area contributed by atoms with Crippen molar-refractivity contribution < 1.29 is 9.21 Å². The molecule has 1 aromatic carbocycles. The lowest BCUT2D eigenvalue weighted by atomic mass is 9.82. The standard InChI is InChI=1S/C23H32N4O2/c1-26-12-4-3-10-19(26)23-25-21-18(9-6-11-20(21)29-23)22(28)24-15-13-16-7-5-8-17(14-15)27(16)2/h6,9,11,15-17,19H,3-5,7-8,10,12-14H2,1-2H3,(H,24,28). The lowest BCUT2D eigenvalue weighted by Gasteiger charge is -2.47. The first kappa shape index (κ1) is 19.1. The summed E-state index contributed by atoms with van der Waals surface area (Å²) in [5.74, 6) is 0.733. The van der Waals surface area contributed by atoms with Crippen molar-refractivity contribution >= 4 is 17.0 Å². The largest absolute Gasteiger partial charge is 0.439 e. The van der Waals surface area contributed by atoms with Gasteiger partial charge in [-0.1, -0.05) is 18.9 Å². The Morgan fingerprint density at radius 1 is 1.10 bits per heavy atom. The monoisotopic (exact) mass is 396 g/mol. The summed E-state index contributed by atoms with van der Waals surface area (Å²) in [5, 5.41) is 3.32. The number of carbonyl (C=O) groups is 1. The van der Waals surface area contributed by atoms with Crippen LogP contribution in [0.4, 0.5) is 0 Å². The van der Waals surface area contributed by atoms with Gasteiger partial charge in [-0.15, -0.1) is 0 Å². The number of aromatic nitrogens is 1. The summed E-state index contributed by atoms with van der Waals surface area (Å²) >= 11 is 0. The summed E-state index contributed by atoms with van der Waals surface area (Å²) in [6.07, 6.45) is 9.38. The molecular formula is C23H32N4O2. The van der Waals surface area contributed by atoms with E-state index in [4.69, 9.17) is 9.40 Å². The van der Waals surface area contributed by atoms with E-state index in [2.05, 4.69) is 29.2 Å². The highest BCUT2D eigenvalue weighted by Gasteiger charge is 2.36. The van der Waals surface area contributed by atoms with Crippen molar-refractivity contribution in [3.8, 4) is 0 Å². The molecule has 0 spiro atoms. The predicted octanol–water partition coefficient (Wildman–Crippen LogP) is 3.73. The van der Waals surface area contributed by atoms with Crippen LogP contribution in [0.2, 0.25) is 0 Å². The highest BCUT2D eigenvalue weighted by atomic mass is 16.3. The SMILES string of the molecule is CN1CCCCC1c1nc2c(C(=O)NC3CC4CCCC(C3)N4C)cccc2o1. The van der Waals surface area contributed by atoms with Crippen molar-refractivity contribution in [2.75, 3.05) is 20.6 Å². The normalized spacial score (nSPS) is 31.1. The first-order valence-corrected chi connectivity index (χ1v) is 11.2. The predicted molar refractivity (Wildman–Crippen MR) is 113 cm³/mol. The van der Waals surface area contributed by atoms with Crippen molar-refractivity contribution in [1.29, 1.82) is 0 Å². The van der Waals surface area contributed by atoms with E-state index < -0.39 is 0 Å². The molecule has 3 fully saturated rings. The minimum Gasteiger partial charge on any atom is -0.439 e. The summed E-state index contributed by atoms with van der Waals surface area (Å²) in [6, 6.07) is 7.37. The van der Waals surface area contributed by atoms with Gasteiger partial charge in [-0.3, -0.25) is 9.69 Å². The van der Waals surface area contributed by atoms with E-state index in [9.17, 15) is 4.79 Å². The summed E-state index contributed by atoms with van der Waals surface area (Å²) in [6.45, 7) is 1.06. The van der Waals surface area contributed by atoms with E-state index in [1.54, 1.807) is 0 Å². The van der Waals surface area contributed by atoms with Gasteiger partial charge < -0.3 is 14.6 Å². The molecule has 3 atom stereocenters. The lowest BCUT2D eigenvalue weighted by molar-refractivity contribution is 0.0463. The van der Waals surface area contributed by atoms with Crippen LogP contribution < -0.4 is 5.32 Å². The number of benzene rings is 1. The number of hydrogen-bond acceptors (Lipinski definition) is 5. The van der Waals surface area contributed by atoms with Crippen LogP contribution in [0.3, 0.4) is 0 Å². The Hall–Kier alpha value is -1.92. The number of hydrogen-bond donors (Lipinski definition) is 1. The van der Waals surface area contributed by atoms with Crippen LogP contribution in [0.5, 0.6) is 0 Å². The number of rotatable bonds is 3. The number of nitrogens with one attached hydrogen (secondary N) is 1. The summed E-state index contributed by atoms with van der Waals surface area (Å²) in [7, 11) is 4.37. The van der Waals surface area contributed by atoms with Crippen LogP contribution >= 0.6 is 0 Å². The second kappa shape index (κ2) is 7.73. The van der Waals surface area contributed by atoms with Gasteiger partial charge in [0, 0.05) is 18.1 Å². The molecule has 0 radical (unpaired) electrons. The Labute approximate surface area is 172 Å². The van der Waals surface area contributed by atoms with E-state index in [1.165, 1.54) is 32.1 Å². The smallest absolute Gasteiger partial charge is 0.253 e. The number of carbonyl (C=O) groups excluding carboxylic acids is 1. The quantitative estimate of drug-likeness (QED) is 0.857. The van der Waals surface area contributed by atoms with E-state index >= 15 is 0 Å². The van der Waals surface area contributed by atoms with Crippen molar-refractivity contribution in [2.45, 2.75) is 75.5 Å². The third-order valence-electron chi connectivity index (χ3n) is 7.41. The minimum atomic E-state index is -0.0138. The zero-order chi connectivity index (χ0) is 20.0. The van der Waals surface area contributed by atoms with Crippen LogP contribution in [0.25, 0.3) is 11.1 Å². The first-order valence-electron chi connectivity index (χ1n) is 11.2. The zero-order valence-corrected chi connectivity index (χ0v) is 17.6. The minimum absolute atomic E-state index is 0.0138. The van der Waals surface area contributed by atoms with Gasteiger partial charge in [0.1, 0.15) is 5.52 Å². The Morgan fingerprint density at radius 2 is 1.90 bits per heavy atom. The number of nitrogens with zero attached hydrogens (tertiary/aromatic N) is 3. The van der Waals surface area contributed by atoms with E-state index in [1.807, 2.05) is 18.2 Å². The van der Waals surface area contributed by atoms with Gasteiger partial charge in [-0.2, -0.15) is 0 Å². The van der Waals surface area contributed by atoms with E-state index in [-0.39, 0.29) is 18.0 Å². The molecule has 0 saturated carbocycles. The number of piperidine rings is 3. The maximum Gasteiger partial charge on any atom is 0.253 e. The van der Waals surface area contributed by atoms with Crippen LogP contribution in [0.1, 0.15) is 73.7 Å². The molecule has 0 aliphatic carbocycles. The molecule has 6 nitrogen and oxygen atoms in total. The topological polar surface area (TPSA) is 61.6 Å². The first-order chi connectivity index (χ1) is 14.1. The van der Waals surface area contributed by atoms with Crippen LogP contribution in [-0.4, -0.2) is 59.5 Å². The van der Waals surface area contributed by atoms with Gasteiger partial charge in [0.05, 0.1) is 11.6 Å².